The van der Waals surface area contributed by atoms with Crippen molar-refractivity contribution in [3.05, 3.63) is 64.1 Å². The Morgan fingerprint density at radius 3 is 2.90 bits per heavy atom. The van der Waals surface area contributed by atoms with Gasteiger partial charge in [-0.3, -0.25) is 4.79 Å². The molecule has 0 amide bonds. The fraction of sp³-hybridized carbons (Fsp3) is 0.0625. The summed E-state index contributed by atoms with van der Waals surface area (Å²) in [6.07, 6.45) is 0. The maximum absolute atomic E-state index is 13.3. The molecule has 0 atom stereocenters. The van der Waals surface area contributed by atoms with E-state index in [1.165, 1.54) is 12.1 Å². The predicted octanol–water partition coefficient (Wildman–Crippen LogP) is 3.23. The molecule has 0 bridgehead atoms. The van der Waals surface area contributed by atoms with Gasteiger partial charge in [0, 0.05) is 22.5 Å². The van der Waals surface area contributed by atoms with Crippen molar-refractivity contribution < 1.29 is 9.13 Å². The molecule has 3 nitrogen and oxygen atoms in total. The second-order valence-corrected chi connectivity index (χ2v) is 4.78. The lowest BCUT2D eigenvalue weighted by atomic mass is 10.00. The third kappa shape index (κ3) is 1.48. The fourth-order valence-corrected chi connectivity index (χ4v) is 2.62. The Morgan fingerprint density at radius 1 is 1.15 bits per heavy atom. The van der Waals surface area contributed by atoms with Crippen LogP contribution in [0, 0.1) is 5.82 Å². The number of hydrogen-bond acceptors (Lipinski definition) is 2. The first kappa shape index (κ1) is 11.2. The van der Waals surface area contributed by atoms with E-state index in [4.69, 9.17) is 4.74 Å². The second kappa shape index (κ2) is 3.93. The Hall–Kier alpha value is -2.62. The smallest absolute Gasteiger partial charge is 0.196 e. The predicted molar refractivity (Wildman–Crippen MR) is 74.3 cm³/mol. The number of fused-ring (bicyclic) bond motifs is 4. The molecule has 0 saturated carbocycles. The van der Waals surface area contributed by atoms with Gasteiger partial charge in [0.1, 0.15) is 18.2 Å². The van der Waals surface area contributed by atoms with E-state index in [-0.39, 0.29) is 17.9 Å². The lowest BCUT2D eigenvalue weighted by Gasteiger charge is -2.20. The zero-order valence-corrected chi connectivity index (χ0v) is 10.4. The van der Waals surface area contributed by atoms with Gasteiger partial charge in [0.2, 0.25) is 0 Å². The van der Waals surface area contributed by atoms with Crippen molar-refractivity contribution in [1.82, 2.24) is 4.98 Å². The number of halogens is 1. The average Bonchev–Trinajstić information content (AvgIpc) is 2.47. The van der Waals surface area contributed by atoms with Crippen LogP contribution < -0.4 is 10.2 Å². The molecule has 1 aromatic heterocycles. The number of pyridine rings is 1. The highest BCUT2D eigenvalue weighted by atomic mass is 19.1. The van der Waals surface area contributed by atoms with Gasteiger partial charge in [0.15, 0.2) is 5.43 Å². The molecule has 0 spiro atoms. The van der Waals surface area contributed by atoms with E-state index in [1.807, 2.05) is 18.2 Å². The van der Waals surface area contributed by atoms with Crippen molar-refractivity contribution in [2.45, 2.75) is 6.61 Å². The first-order chi connectivity index (χ1) is 9.74. The van der Waals surface area contributed by atoms with Crippen LogP contribution in [0.4, 0.5) is 4.39 Å². The SMILES string of the molecule is O=c1c2c([nH]c3ccccc13)-c1ccc(F)cc1OC2. The van der Waals surface area contributed by atoms with Crippen molar-refractivity contribution in [2.75, 3.05) is 0 Å². The minimum atomic E-state index is -0.352. The molecule has 0 saturated heterocycles. The first-order valence-electron chi connectivity index (χ1n) is 6.30. The largest absolute Gasteiger partial charge is 0.488 e. The standard InChI is InChI=1S/C16H10FNO2/c17-9-5-6-11-14(7-9)20-8-12-15(11)18-13-4-2-1-3-10(13)16(12)19/h1-7H,8H2,(H,18,19). The Balaban J connectivity index is 2.11. The van der Waals surface area contributed by atoms with E-state index in [1.54, 1.807) is 12.1 Å². The number of hydrogen-bond donors (Lipinski definition) is 1. The first-order valence-corrected chi connectivity index (χ1v) is 6.30. The van der Waals surface area contributed by atoms with E-state index < -0.39 is 0 Å². The second-order valence-electron chi connectivity index (χ2n) is 4.78. The summed E-state index contributed by atoms with van der Waals surface area (Å²) in [6, 6.07) is 11.7. The normalized spacial score (nSPS) is 12.7. The number of aromatic amines is 1. The highest BCUT2D eigenvalue weighted by molar-refractivity contribution is 5.84. The zero-order valence-electron chi connectivity index (χ0n) is 10.4. The van der Waals surface area contributed by atoms with E-state index in [9.17, 15) is 9.18 Å². The van der Waals surface area contributed by atoms with Gasteiger partial charge in [0.25, 0.3) is 0 Å². The van der Waals surface area contributed by atoms with Crippen molar-refractivity contribution in [3.63, 3.8) is 0 Å². The van der Waals surface area contributed by atoms with E-state index in [2.05, 4.69) is 4.98 Å². The molecule has 1 N–H and O–H groups in total. The summed E-state index contributed by atoms with van der Waals surface area (Å²) in [7, 11) is 0. The Bertz CT molecular complexity index is 899. The molecular formula is C16H10FNO2. The minimum Gasteiger partial charge on any atom is -0.488 e. The van der Waals surface area contributed by atoms with Crippen LogP contribution in [0.5, 0.6) is 5.75 Å². The van der Waals surface area contributed by atoms with Crippen LogP contribution >= 0.6 is 0 Å². The summed E-state index contributed by atoms with van der Waals surface area (Å²) < 4.78 is 18.8. The van der Waals surface area contributed by atoms with Crippen LogP contribution in [-0.2, 0) is 6.61 Å². The summed E-state index contributed by atoms with van der Waals surface area (Å²) in [5.74, 6) is 0.110. The number of ether oxygens (including phenoxy) is 1. The number of nitrogens with one attached hydrogen (secondary N) is 1. The summed E-state index contributed by atoms with van der Waals surface area (Å²) in [6.45, 7) is 0.159. The van der Waals surface area contributed by atoms with Crippen molar-refractivity contribution >= 4 is 10.9 Å². The molecule has 4 rings (SSSR count). The van der Waals surface area contributed by atoms with E-state index in [0.717, 1.165) is 16.8 Å². The third-order valence-electron chi connectivity index (χ3n) is 3.59. The van der Waals surface area contributed by atoms with Gasteiger partial charge in [-0.1, -0.05) is 12.1 Å². The molecule has 2 heterocycles. The summed E-state index contributed by atoms with van der Waals surface area (Å²) in [5, 5.41) is 0.639. The molecule has 0 radical (unpaired) electrons. The minimum absolute atomic E-state index is 0.0377. The number of aromatic nitrogens is 1. The van der Waals surface area contributed by atoms with Gasteiger partial charge in [0.05, 0.1) is 11.3 Å². The Morgan fingerprint density at radius 2 is 2.00 bits per heavy atom. The molecular weight excluding hydrogens is 257 g/mol. The van der Waals surface area contributed by atoms with E-state index >= 15 is 0 Å². The van der Waals surface area contributed by atoms with Crippen LogP contribution in [0.15, 0.2) is 47.3 Å². The number of rotatable bonds is 0. The molecule has 1 aliphatic rings. The third-order valence-corrected chi connectivity index (χ3v) is 3.59. The molecule has 0 unspecified atom stereocenters. The van der Waals surface area contributed by atoms with Gasteiger partial charge in [-0.15, -0.1) is 0 Å². The lowest BCUT2D eigenvalue weighted by molar-refractivity contribution is 0.299. The van der Waals surface area contributed by atoms with Crippen molar-refractivity contribution in [1.29, 1.82) is 0 Å². The van der Waals surface area contributed by atoms with Crippen LogP contribution in [-0.4, -0.2) is 4.98 Å². The molecule has 4 heteroatoms. The lowest BCUT2D eigenvalue weighted by Crippen LogP contribution is -2.18. The Kier molecular flexibility index (Phi) is 2.21. The molecule has 0 fully saturated rings. The number of benzene rings is 2. The highest BCUT2D eigenvalue weighted by Gasteiger charge is 2.22. The summed E-state index contributed by atoms with van der Waals surface area (Å²) in [5.41, 5.74) is 2.76. The van der Waals surface area contributed by atoms with E-state index in [0.29, 0.717) is 16.7 Å². The number of H-pyrrole nitrogens is 1. The molecule has 20 heavy (non-hydrogen) atoms. The average molecular weight is 267 g/mol. The van der Waals surface area contributed by atoms with Crippen LogP contribution in [0.1, 0.15) is 5.56 Å². The molecule has 3 aromatic rings. The molecule has 98 valence electrons. The van der Waals surface area contributed by atoms with Crippen molar-refractivity contribution in [3.8, 4) is 17.0 Å². The monoisotopic (exact) mass is 267 g/mol. The summed E-state index contributed by atoms with van der Waals surface area (Å²) in [4.78, 5) is 15.7. The van der Waals surface area contributed by atoms with Gasteiger partial charge in [-0.05, 0) is 24.3 Å². The maximum Gasteiger partial charge on any atom is 0.196 e. The maximum atomic E-state index is 13.3. The van der Waals surface area contributed by atoms with Gasteiger partial charge in [-0.25, -0.2) is 4.39 Å². The molecule has 0 aliphatic carbocycles. The molecule has 2 aromatic carbocycles. The summed E-state index contributed by atoms with van der Waals surface area (Å²) >= 11 is 0. The quantitative estimate of drug-likeness (QED) is 0.679. The zero-order chi connectivity index (χ0) is 13.7. The van der Waals surface area contributed by atoms with Crippen molar-refractivity contribution in [2.24, 2.45) is 0 Å². The van der Waals surface area contributed by atoms with Gasteiger partial charge < -0.3 is 9.72 Å². The van der Waals surface area contributed by atoms with Crippen LogP contribution in [0.3, 0.4) is 0 Å². The molecule has 1 aliphatic heterocycles. The highest BCUT2D eigenvalue weighted by Crippen LogP contribution is 2.36. The topological polar surface area (TPSA) is 42.1 Å². The van der Waals surface area contributed by atoms with Gasteiger partial charge in [-0.2, -0.15) is 0 Å². The Labute approximate surface area is 113 Å². The van der Waals surface area contributed by atoms with Gasteiger partial charge >= 0.3 is 0 Å². The van der Waals surface area contributed by atoms with Crippen LogP contribution in [0.25, 0.3) is 22.2 Å². The fourth-order valence-electron chi connectivity index (χ4n) is 2.62. The number of para-hydroxylation sites is 1. The van der Waals surface area contributed by atoms with Crippen LogP contribution in [0.2, 0.25) is 0 Å².